The Labute approximate surface area is 152 Å². The molecule has 1 aliphatic carbocycles. The molecule has 0 unspecified atom stereocenters. The molecule has 1 aliphatic rings. The zero-order chi connectivity index (χ0) is 18.4. The van der Waals surface area contributed by atoms with E-state index in [-0.39, 0.29) is 17.1 Å². The van der Waals surface area contributed by atoms with Gasteiger partial charge < -0.3 is 20.8 Å². The minimum atomic E-state index is -0.477. The highest BCUT2D eigenvalue weighted by molar-refractivity contribution is 5.98. The van der Waals surface area contributed by atoms with Crippen molar-refractivity contribution in [1.29, 1.82) is 0 Å². The molecule has 0 atom stereocenters. The highest BCUT2D eigenvalue weighted by Gasteiger charge is 2.13. The summed E-state index contributed by atoms with van der Waals surface area (Å²) in [5.41, 5.74) is 2.89. The van der Waals surface area contributed by atoms with E-state index in [9.17, 15) is 15.0 Å². The standard InChI is InChI=1S/C21H20N2O3/c24-18-11-12-20(25)19(13-18)21(26)23-17-8-4-7-16(9-10-17)22-14-15-5-2-1-3-6-15/h1-8,10-13,22,24-25H,9,14H2,(H,23,26). The van der Waals surface area contributed by atoms with Gasteiger partial charge in [-0.3, -0.25) is 4.79 Å². The van der Waals surface area contributed by atoms with Crippen molar-refractivity contribution in [1.82, 2.24) is 10.6 Å². The summed E-state index contributed by atoms with van der Waals surface area (Å²) in [5.74, 6) is -0.732. The number of phenolic OH excluding ortho intramolecular Hbond substituents is 2. The van der Waals surface area contributed by atoms with E-state index < -0.39 is 5.91 Å². The second-order valence-electron chi connectivity index (χ2n) is 5.91. The van der Waals surface area contributed by atoms with Crippen LogP contribution in [0.25, 0.3) is 0 Å². The van der Waals surface area contributed by atoms with Gasteiger partial charge in [0.1, 0.15) is 11.5 Å². The van der Waals surface area contributed by atoms with Crippen molar-refractivity contribution in [3.8, 4) is 11.5 Å². The first-order chi connectivity index (χ1) is 12.6. The van der Waals surface area contributed by atoms with Crippen LogP contribution in [0.1, 0.15) is 22.3 Å². The van der Waals surface area contributed by atoms with Gasteiger partial charge in [0.25, 0.3) is 5.91 Å². The molecule has 5 heteroatoms. The van der Waals surface area contributed by atoms with Gasteiger partial charge in [-0.15, -0.1) is 0 Å². The number of allylic oxidation sites excluding steroid dienone is 4. The lowest BCUT2D eigenvalue weighted by Crippen LogP contribution is -2.22. The Morgan fingerprint density at radius 2 is 1.88 bits per heavy atom. The lowest BCUT2D eigenvalue weighted by molar-refractivity contribution is 0.0964. The fraction of sp³-hybridized carbons (Fsp3) is 0.0952. The molecule has 0 saturated heterocycles. The Balaban J connectivity index is 1.60. The maximum atomic E-state index is 12.3. The molecule has 2 aromatic rings. The summed E-state index contributed by atoms with van der Waals surface area (Å²) < 4.78 is 0. The van der Waals surface area contributed by atoms with Crippen molar-refractivity contribution in [3.05, 3.63) is 95.4 Å². The molecule has 0 bridgehead atoms. The van der Waals surface area contributed by atoms with E-state index in [4.69, 9.17) is 0 Å². The Hall–Kier alpha value is -3.47. The first kappa shape index (κ1) is 17.4. The van der Waals surface area contributed by atoms with Crippen molar-refractivity contribution < 1.29 is 15.0 Å². The number of hydrogen-bond acceptors (Lipinski definition) is 4. The van der Waals surface area contributed by atoms with Gasteiger partial charge in [-0.05, 0) is 35.9 Å². The molecule has 3 rings (SSSR count). The molecule has 0 fully saturated rings. The van der Waals surface area contributed by atoms with E-state index in [0.717, 1.165) is 12.2 Å². The number of carbonyl (C=O) groups excluding carboxylic acids is 1. The maximum absolute atomic E-state index is 12.3. The second kappa shape index (κ2) is 8.07. The van der Waals surface area contributed by atoms with Crippen LogP contribution in [0.3, 0.4) is 0 Å². The van der Waals surface area contributed by atoms with Crippen LogP contribution < -0.4 is 10.6 Å². The van der Waals surface area contributed by atoms with Crippen LogP contribution in [-0.2, 0) is 6.54 Å². The summed E-state index contributed by atoms with van der Waals surface area (Å²) in [7, 11) is 0. The van der Waals surface area contributed by atoms with Gasteiger partial charge in [0, 0.05) is 24.4 Å². The average molecular weight is 348 g/mol. The van der Waals surface area contributed by atoms with Gasteiger partial charge >= 0.3 is 0 Å². The Bertz CT molecular complexity index is 883. The molecule has 0 radical (unpaired) electrons. The number of amides is 1. The minimum absolute atomic E-state index is 0.0268. The zero-order valence-corrected chi connectivity index (χ0v) is 14.1. The fourth-order valence-electron chi connectivity index (χ4n) is 2.56. The van der Waals surface area contributed by atoms with Gasteiger partial charge in [-0.2, -0.15) is 0 Å². The molecule has 0 heterocycles. The van der Waals surface area contributed by atoms with E-state index in [2.05, 4.69) is 22.8 Å². The molecule has 132 valence electrons. The number of rotatable bonds is 5. The molecular weight excluding hydrogens is 328 g/mol. The smallest absolute Gasteiger partial charge is 0.259 e. The minimum Gasteiger partial charge on any atom is -0.508 e. The van der Waals surface area contributed by atoms with Crippen LogP contribution in [0.2, 0.25) is 0 Å². The summed E-state index contributed by atoms with van der Waals surface area (Å²) in [6, 6.07) is 14.0. The lowest BCUT2D eigenvalue weighted by Gasteiger charge is -2.09. The molecule has 4 N–H and O–H groups in total. The number of benzene rings is 2. The van der Waals surface area contributed by atoms with E-state index in [1.807, 2.05) is 36.4 Å². The molecule has 0 aliphatic heterocycles. The molecule has 1 amide bonds. The first-order valence-corrected chi connectivity index (χ1v) is 8.30. The van der Waals surface area contributed by atoms with Crippen LogP contribution in [-0.4, -0.2) is 16.1 Å². The van der Waals surface area contributed by atoms with Crippen LogP contribution in [0.15, 0.2) is 84.2 Å². The normalized spacial score (nSPS) is 13.4. The predicted octanol–water partition coefficient (Wildman–Crippen LogP) is 3.35. The van der Waals surface area contributed by atoms with Gasteiger partial charge in [0.05, 0.1) is 5.56 Å². The Kier molecular flexibility index (Phi) is 5.39. The number of aromatic hydroxyl groups is 2. The largest absolute Gasteiger partial charge is 0.508 e. The van der Waals surface area contributed by atoms with Crippen LogP contribution in [0.4, 0.5) is 0 Å². The molecule has 0 saturated carbocycles. The van der Waals surface area contributed by atoms with Crippen LogP contribution in [0.5, 0.6) is 11.5 Å². The quantitative estimate of drug-likeness (QED) is 0.625. The predicted molar refractivity (Wildman–Crippen MR) is 100 cm³/mol. The van der Waals surface area contributed by atoms with Gasteiger partial charge in [-0.1, -0.05) is 42.5 Å². The highest BCUT2D eigenvalue weighted by Crippen LogP contribution is 2.22. The molecule has 2 aromatic carbocycles. The third kappa shape index (κ3) is 4.54. The van der Waals surface area contributed by atoms with Crippen molar-refractivity contribution >= 4 is 5.91 Å². The van der Waals surface area contributed by atoms with E-state index in [1.165, 1.54) is 23.8 Å². The Morgan fingerprint density at radius 1 is 1.08 bits per heavy atom. The highest BCUT2D eigenvalue weighted by atomic mass is 16.3. The molecule has 26 heavy (non-hydrogen) atoms. The SMILES string of the molecule is O=C(NC1=CCC(NCc2ccccc2)=CC=C1)c1cc(O)ccc1O. The summed E-state index contributed by atoms with van der Waals surface area (Å²) in [4.78, 5) is 12.3. The molecule has 5 nitrogen and oxygen atoms in total. The van der Waals surface area contributed by atoms with Gasteiger partial charge in [0.15, 0.2) is 0 Å². The molecular formula is C21H20N2O3. The topological polar surface area (TPSA) is 81.6 Å². The van der Waals surface area contributed by atoms with E-state index >= 15 is 0 Å². The average Bonchev–Trinajstić information content (AvgIpc) is 2.88. The molecule has 0 spiro atoms. The first-order valence-electron chi connectivity index (χ1n) is 8.30. The third-order valence-corrected chi connectivity index (χ3v) is 3.96. The van der Waals surface area contributed by atoms with E-state index in [1.54, 1.807) is 6.08 Å². The third-order valence-electron chi connectivity index (χ3n) is 3.96. The van der Waals surface area contributed by atoms with Crippen LogP contribution in [0, 0.1) is 0 Å². The maximum Gasteiger partial charge on any atom is 0.259 e. The number of carbonyl (C=O) groups is 1. The Morgan fingerprint density at radius 3 is 2.69 bits per heavy atom. The van der Waals surface area contributed by atoms with Gasteiger partial charge in [0.2, 0.25) is 0 Å². The monoisotopic (exact) mass is 348 g/mol. The number of phenols is 2. The van der Waals surface area contributed by atoms with Crippen molar-refractivity contribution in [2.45, 2.75) is 13.0 Å². The fourth-order valence-corrected chi connectivity index (χ4v) is 2.56. The molecule has 0 aromatic heterocycles. The van der Waals surface area contributed by atoms with Crippen molar-refractivity contribution in [3.63, 3.8) is 0 Å². The second-order valence-corrected chi connectivity index (χ2v) is 5.91. The summed E-state index contributed by atoms with van der Waals surface area (Å²) in [6.07, 6.45) is 8.14. The number of nitrogens with one attached hydrogen (secondary N) is 2. The van der Waals surface area contributed by atoms with Gasteiger partial charge in [-0.25, -0.2) is 0 Å². The number of hydrogen-bond donors (Lipinski definition) is 4. The zero-order valence-electron chi connectivity index (χ0n) is 14.1. The van der Waals surface area contributed by atoms with Crippen molar-refractivity contribution in [2.75, 3.05) is 0 Å². The van der Waals surface area contributed by atoms with E-state index in [0.29, 0.717) is 12.1 Å². The van der Waals surface area contributed by atoms with Crippen molar-refractivity contribution in [2.24, 2.45) is 0 Å². The lowest BCUT2D eigenvalue weighted by atomic mass is 10.1. The summed E-state index contributed by atoms with van der Waals surface area (Å²) in [5, 5.41) is 25.4. The summed E-state index contributed by atoms with van der Waals surface area (Å²) >= 11 is 0. The summed E-state index contributed by atoms with van der Waals surface area (Å²) in [6.45, 7) is 0.729. The van der Waals surface area contributed by atoms with Crippen LogP contribution >= 0.6 is 0 Å².